The molecule has 0 saturated heterocycles. The summed E-state index contributed by atoms with van der Waals surface area (Å²) in [4.78, 5) is 0. The molecular formula is C7H14Tm-4. The van der Waals surface area contributed by atoms with E-state index in [1.165, 1.54) is 0 Å². The van der Waals surface area contributed by atoms with Crippen LogP contribution >= 0.6 is 0 Å². The predicted octanol–water partition coefficient (Wildman–Crippen LogP) is 2.48. The van der Waals surface area contributed by atoms with Gasteiger partial charge in [0, 0.05) is 36.9 Å². The zero-order valence-electron chi connectivity index (χ0n) is 5.23. The predicted molar refractivity (Wildman–Crippen MR) is 35.3 cm³/mol. The first-order chi connectivity index (χ1) is 3.33. The van der Waals surface area contributed by atoms with Crippen molar-refractivity contribution in [3.63, 3.8) is 0 Å². The third-order valence-electron chi connectivity index (χ3n) is 0.250. The molecule has 0 unspecified atom stereocenters. The number of unbranched alkanes of at least 4 members (excludes halogenated alkanes) is 1. The Morgan fingerprint density at radius 2 is 0.875 bits per heavy atom. The van der Waals surface area contributed by atoms with Gasteiger partial charge in [0.2, 0.25) is 0 Å². The minimum atomic E-state index is 0. The second kappa shape index (κ2) is 24.0. The molecular weight excluding hydrogens is 253 g/mol. The molecule has 59 valence electrons. The summed E-state index contributed by atoms with van der Waals surface area (Å²) in [6.07, 6.45) is 2.67. The monoisotopic (exact) mass is 267 g/mol. The van der Waals surface area contributed by atoms with Gasteiger partial charge in [0.15, 0.2) is 0 Å². The Hall–Kier alpha value is 1.23. The Bertz CT molecular complexity index is 11.9. The van der Waals surface area contributed by atoms with Crippen molar-refractivity contribution >= 4 is 0 Å². The van der Waals surface area contributed by atoms with Crippen molar-refractivity contribution in [2.45, 2.75) is 19.3 Å². The molecule has 0 amide bonds. The third-order valence-corrected chi connectivity index (χ3v) is 0.250. The van der Waals surface area contributed by atoms with Gasteiger partial charge in [0.05, 0.1) is 0 Å². The molecule has 0 nitrogen and oxygen atoms in total. The van der Waals surface area contributed by atoms with Crippen molar-refractivity contribution in [2.75, 3.05) is 0 Å². The normalized spacial score (nSPS) is 6.00. The van der Waals surface area contributed by atoms with E-state index in [4.69, 9.17) is 0 Å². The van der Waals surface area contributed by atoms with E-state index < -0.39 is 0 Å². The molecule has 0 spiro atoms. The maximum Gasteiger partial charge on any atom is 0 e. The molecule has 0 bridgehead atoms. The maximum atomic E-state index is 3.54. The van der Waals surface area contributed by atoms with E-state index in [1.54, 1.807) is 0 Å². The van der Waals surface area contributed by atoms with Crippen LogP contribution in [-0.2, 0) is 0 Å². The van der Waals surface area contributed by atoms with Crippen LogP contribution in [0, 0.1) is 64.6 Å². The molecule has 0 aromatic heterocycles. The molecule has 0 atom stereocenters. The van der Waals surface area contributed by atoms with E-state index in [-0.39, 0.29) is 36.9 Å². The van der Waals surface area contributed by atoms with Crippen LogP contribution in [0.2, 0.25) is 0 Å². The minimum absolute atomic E-state index is 0. The number of hydrogen-bond donors (Lipinski definition) is 0. The fourth-order valence-corrected chi connectivity index (χ4v) is 0. The van der Waals surface area contributed by atoms with Crippen LogP contribution in [-0.4, -0.2) is 0 Å². The van der Waals surface area contributed by atoms with Crippen molar-refractivity contribution in [1.82, 2.24) is 0 Å². The van der Waals surface area contributed by atoms with Gasteiger partial charge in [0.25, 0.3) is 0 Å². The Morgan fingerprint density at radius 1 is 0.750 bits per heavy atom. The van der Waals surface area contributed by atoms with E-state index in [0.717, 1.165) is 19.3 Å². The summed E-state index contributed by atoms with van der Waals surface area (Å²) in [7, 11) is 0. The Balaban J connectivity index is -0.0000000575. The first-order valence-electron chi connectivity index (χ1n) is 2.50. The molecule has 0 aliphatic heterocycles. The van der Waals surface area contributed by atoms with Gasteiger partial charge in [-0.05, 0) is 0 Å². The molecule has 1 radical (unpaired) electrons. The van der Waals surface area contributed by atoms with Gasteiger partial charge in [-0.25, -0.2) is 12.8 Å². The molecule has 0 aromatic carbocycles. The van der Waals surface area contributed by atoms with E-state index in [1.807, 2.05) is 0 Å². The van der Waals surface area contributed by atoms with Crippen LogP contribution in [0.3, 0.4) is 0 Å². The molecule has 0 aromatic rings. The maximum absolute atomic E-state index is 3.54. The van der Waals surface area contributed by atoms with E-state index in [9.17, 15) is 0 Å². The summed E-state index contributed by atoms with van der Waals surface area (Å²) < 4.78 is 0. The standard InChI is InChI=1S/C4H8.C3H6.Tm/c1-3-4-2;1-3-2;/h1-4H2;1-3H2;/q2*-2;. The van der Waals surface area contributed by atoms with Gasteiger partial charge < -0.3 is 34.1 Å². The van der Waals surface area contributed by atoms with E-state index in [0.29, 0.717) is 0 Å². The van der Waals surface area contributed by atoms with Crippen molar-refractivity contribution in [2.24, 2.45) is 0 Å². The van der Waals surface area contributed by atoms with Gasteiger partial charge in [-0.1, -0.05) is 0 Å². The van der Waals surface area contributed by atoms with Crippen LogP contribution in [0.1, 0.15) is 19.3 Å². The summed E-state index contributed by atoms with van der Waals surface area (Å²) in [5.74, 6) is 0. The summed E-state index contributed by atoms with van der Waals surface area (Å²) >= 11 is 0. The van der Waals surface area contributed by atoms with E-state index in [2.05, 4.69) is 27.7 Å². The minimum Gasteiger partial charge on any atom is -0.372 e. The summed E-state index contributed by atoms with van der Waals surface area (Å²) in [5, 5.41) is 0. The molecule has 0 saturated carbocycles. The first-order valence-corrected chi connectivity index (χ1v) is 2.50. The second-order valence-electron chi connectivity index (χ2n) is 1.06. The molecule has 0 heterocycles. The van der Waals surface area contributed by atoms with Crippen LogP contribution in [0.5, 0.6) is 0 Å². The summed E-state index contributed by atoms with van der Waals surface area (Å²) in [6, 6.07) is 0. The van der Waals surface area contributed by atoms with E-state index >= 15 is 0 Å². The van der Waals surface area contributed by atoms with Crippen LogP contribution in [0.4, 0.5) is 0 Å². The second-order valence-corrected chi connectivity index (χ2v) is 1.06. The van der Waals surface area contributed by atoms with Crippen molar-refractivity contribution < 1.29 is 36.9 Å². The zero-order chi connectivity index (χ0) is 6.12. The molecule has 0 aliphatic rings. The topological polar surface area (TPSA) is 0 Å². The molecule has 1 heteroatoms. The fourth-order valence-electron chi connectivity index (χ4n) is 0. The van der Waals surface area contributed by atoms with Crippen molar-refractivity contribution in [3.05, 3.63) is 27.7 Å². The Morgan fingerprint density at radius 3 is 0.875 bits per heavy atom. The first kappa shape index (κ1) is 16.1. The number of rotatable bonds is 1. The van der Waals surface area contributed by atoms with Gasteiger partial charge in [-0.15, -0.1) is 0 Å². The largest absolute Gasteiger partial charge is 0.372 e. The SMILES string of the molecule is [CH2-]CC[CH2-].[CH2-]C[CH2-].[Tm]. The number of hydrogen-bond acceptors (Lipinski definition) is 0. The van der Waals surface area contributed by atoms with Crippen LogP contribution < -0.4 is 0 Å². The van der Waals surface area contributed by atoms with Crippen LogP contribution in [0.15, 0.2) is 0 Å². The molecule has 0 fully saturated rings. The fraction of sp³-hybridized carbons (Fsp3) is 0.429. The molecule has 0 rings (SSSR count). The van der Waals surface area contributed by atoms with Crippen molar-refractivity contribution in [3.8, 4) is 0 Å². The molecule has 8 heavy (non-hydrogen) atoms. The van der Waals surface area contributed by atoms with Gasteiger partial charge in [-0.2, -0.15) is 0 Å². The summed E-state index contributed by atoms with van der Waals surface area (Å²) in [6.45, 7) is 13.8. The Labute approximate surface area is 83.2 Å². The van der Waals surface area contributed by atoms with Crippen LogP contribution in [0.25, 0.3) is 0 Å². The third kappa shape index (κ3) is 56.3. The average molecular weight is 267 g/mol. The average Bonchev–Trinajstić information content (AvgIpc) is 1.69. The molecule has 0 aliphatic carbocycles. The summed E-state index contributed by atoms with van der Waals surface area (Å²) in [5.41, 5.74) is 0. The molecule has 0 N–H and O–H groups in total. The quantitative estimate of drug-likeness (QED) is 0.640. The Kier molecular flexibility index (Phi) is 48.4. The van der Waals surface area contributed by atoms with Gasteiger partial charge in [0.1, 0.15) is 0 Å². The zero-order valence-corrected chi connectivity index (χ0v) is 7.01. The van der Waals surface area contributed by atoms with Gasteiger partial charge in [-0.3, -0.25) is 0 Å². The van der Waals surface area contributed by atoms with Gasteiger partial charge >= 0.3 is 0 Å². The van der Waals surface area contributed by atoms with Crippen molar-refractivity contribution in [1.29, 1.82) is 0 Å². The smallest absolute Gasteiger partial charge is 0 e.